The van der Waals surface area contributed by atoms with Crippen molar-refractivity contribution >= 4 is 5.78 Å². The third kappa shape index (κ3) is 5.59. The number of ketones is 1. The van der Waals surface area contributed by atoms with Crippen LogP contribution in [0.1, 0.15) is 64.7 Å². The summed E-state index contributed by atoms with van der Waals surface area (Å²) in [6.45, 7) is 9.71. The van der Waals surface area contributed by atoms with Gasteiger partial charge in [-0.2, -0.15) is 0 Å². The van der Waals surface area contributed by atoms with Crippen molar-refractivity contribution in [1.29, 1.82) is 0 Å². The summed E-state index contributed by atoms with van der Waals surface area (Å²) >= 11 is 0. The SMILES string of the molecule is C=CCCCCC1=C(CCCC=C)C(=O)CC(C)C1. The first-order valence-electron chi connectivity index (χ1n) is 7.65. The summed E-state index contributed by atoms with van der Waals surface area (Å²) in [4.78, 5) is 12.2. The fourth-order valence-corrected chi connectivity index (χ4v) is 2.87. The number of hydrogen-bond acceptors (Lipinski definition) is 1. The molecular weight excluding hydrogens is 232 g/mol. The highest BCUT2D eigenvalue weighted by atomic mass is 16.1. The van der Waals surface area contributed by atoms with Gasteiger partial charge in [-0.25, -0.2) is 0 Å². The minimum atomic E-state index is 0.404. The van der Waals surface area contributed by atoms with E-state index in [2.05, 4.69) is 20.1 Å². The van der Waals surface area contributed by atoms with E-state index in [4.69, 9.17) is 0 Å². The van der Waals surface area contributed by atoms with Gasteiger partial charge in [0.1, 0.15) is 0 Å². The summed E-state index contributed by atoms with van der Waals surface area (Å²) in [5.41, 5.74) is 2.59. The maximum atomic E-state index is 12.2. The zero-order valence-corrected chi connectivity index (χ0v) is 12.4. The summed E-state index contributed by atoms with van der Waals surface area (Å²) in [6, 6.07) is 0. The van der Waals surface area contributed by atoms with E-state index < -0.39 is 0 Å². The summed E-state index contributed by atoms with van der Waals surface area (Å²) in [7, 11) is 0. The fraction of sp³-hybridized carbons (Fsp3) is 0.611. The normalized spacial score (nSPS) is 19.6. The Bertz CT molecular complexity index is 349. The van der Waals surface area contributed by atoms with Crippen molar-refractivity contribution < 1.29 is 4.79 Å². The van der Waals surface area contributed by atoms with Crippen LogP contribution in [0.15, 0.2) is 36.5 Å². The van der Waals surface area contributed by atoms with Gasteiger partial charge in [0, 0.05) is 6.42 Å². The van der Waals surface area contributed by atoms with Crippen LogP contribution in [-0.2, 0) is 4.79 Å². The van der Waals surface area contributed by atoms with E-state index in [0.29, 0.717) is 11.7 Å². The van der Waals surface area contributed by atoms with E-state index >= 15 is 0 Å². The predicted molar refractivity (Wildman–Crippen MR) is 83.1 cm³/mol. The second kappa shape index (κ2) is 8.90. The average molecular weight is 260 g/mol. The van der Waals surface area contributed by atoms with Gasteiger partial charge < -0.3 is 0 Å². The van der Waals surface area contributed by atoms with Crippen LogP contribution in [0, 0.1) is 5.92 Å². The molecule has 0 radical (unpaired) electrons. The second-order valence-corrected chi connectivity index (χ2v) is 5.73. The van der Waals surface area contributed by atoms with Gasteiger partial charge in [-0.15, -0.1) is 13.2 Å². The maximum absolute atomic E-state index is 12.2. The van der Waals surface area contributed by atoms with Crippen LogP contribution < -0.4 is 0 Å². The van der Waals surface area contributed by atoms with Crippen molar-refractivity contribution in [3.8, 4) is 0 Å². The highest BCUT2D eigenvalue weighted by Gasteiger charge is 2.23. The minimum absolute atomic E-state index is 0.404. The molecule has 106 valence electrons. The average Bonchev–Trinajstić information content (AvgIpc) is 2.37. The number of unbranched alkanes of at least 4 members (excludes halogenated alkanes) is 3. The van der Waals surface area contributed by atoms with E-state index in [1.807, 2.05) is 12.2 Å². The summed E-state index contributed by atoms with van der Waals surface area (Å²) < 4.78 is 0. The molecule has 0 saturated carbocycles. The first-order valence-corrected chi connectivity index (χ1v) is 7.65. The molecule has 1 aliphatic carbocycles. The Labute approximate surface area is 118 Å². The number of Topliss-reactive ketones (excluding diaryl/α,β-unsaturated/α-hetero) is 1. The van der Waals surface area contributed by atoms with Gasteiger partial charge in [0.15, 0.2) is 5.78 Å². The number of rotatable bonds is 9. The zero-order valence-electron chi connectivity index (χ0n) is 12.4. The van der Waals surface area contributed by atoms with E-state index in [0.717, 1.165) is 50.5 Å². The molecule has 0 heterocycles. The Hall–Kier alpha value is -1.11. The second-order valence-electron chi connectivity index (χ2n) is 5.73. The third-order valence-electron chi connectivity index (χ3n) is 3.86. The molecule has 0 aliphatic heterocycles. The molecule has 0 saturated heterocycles. The van der Waals surface area contributed by atoms with E-state index in [9.17, 15) is 4.79 Å². The number of carbonyl (C=O) groups is 1. The molecule has 0 amide bonds. The number of carbonyl (C=O) groups excluding carboxylic acids is 1. The predicted octanol–water partition coefficient (Wildman–Crippen LogP) is 5.38. The molecule has 1 atom stereocenters. The Morgan fingerprint density at radius 3 is 2.42 bits per heavy atom. The lowest BCUT2D eigenvalue weighted by Crippen LogP contribution is -2.18. The molecule has 0 spiro atoms. The lowest BCUT2D eigenvalue weighted by molar-refractivity contribution is -0.117. The minimum Gasteiger partial charge on any atom is -0.295 e. The van der Waals surface area contributed by atoms with Crippen LogP contribution in [0.5, 0.6) is 0 Å². The van der Waals surface area contributed by atoms with E-state index in [1.165, 1.54) is 18.4 Å². The Kier molecular flexibility index (Phi) is 7.47. The Morgan fingerprint density at radius 1 is 1.05 bits per heavy atom. The van der Waals surface area contributed by atoms with Gasteiger partial charge in [-0.05, 0) is 62.9 Å². The summed E-state index contributed by atoms with van der Waals surface area (Å²) in [5, 5.41) is 0. The lowest BCUT2D eigenvalue weighted by atomic mass is 9.80. The van der Waals surface area contributed by atoms with Gasteiger partial charge in [-0.1, -0.05) is 24.6 Å². The van der Waals surface area contributed by atoms with Crippen molar-refractivity contribution in [3.63, 3.8) is 0 Å². The van der Waals surface area contributed by atoms with Crippen LogP contribution >= 0.6 is 0 Å². The highest BCUT2D eigenvalue weighted by molar-refractivity contribution is 5.97. The molecule has 1 unspecified atom stereocenters. The quantitative estimate of drug-likeness (QED) is 0.401. The van der Waals surface area contributed by atoms with Crippen molar-refractivity contribution in [3.05, 3.63) is 36.5 Å². The molecule has 0 N–H and O–H groups in total. The standard InChI is InChI=1S/C18H28O/c1-4-6-8-10-11-16-13-15(3)14-18(19)17(16)12-9-7-5-2/h4-5,15H,1-2,6-14H2,3H3. The molecular formula is C18H28O. The molecule has 1 aliphatic rings. The van der Waals surface area contributed by atoms with Crippen LogP contribution in [0.4, 0.5) is 0 Å². The zero-order chi connectivity index (χ0) is 14.1. The topological polar surface area (TPSA) is 17.1 Å². The molecule has 1 heteroatoms. The summed E-state index contributed by atoms with van der Waals surface area (Å²) in [6.07, 6.45) is 13.4. The highest BCUT2D eigenvalue weighted by Crippen LogP contribution is 2.32. The number of hydrogen-bond donors (Lipinski definition) is 0. The molecule has 0 aromatic carbocycles. The molecule has 19 heavy (non-hydrogen) atoms. The number of allylic oxidation sites excluding steroid dienone is 4. The van der Waals surface area contributed by atoms with Crippen LogP contribution in [0.3, 0.4) is 0 Å². The van der Waals surface area contributed by atoms with Gasteiger partial charge >= 0.3 is 0 Å². The Morgan fingerprint density at radius 2 is 1.74 bits per heavy atom. The Balaban J connectivity index is 2.62. The summed E-state index contributed by atoms with van der Waals surface area (Å²) in [5.74, 6) is 0.937. The molecule has 1 nitrogen and oxygen atoms in total. The fourth-order valence-electron chi connectivity index (χ4n) is 2.87. The first-order chi connectivity index (χ1) is 9.19. The van der Waals surface area contributed by atoms with Gasteiger partial charge in [0.2, 0.25) is 0 Å². The van der Waals surface area contributed by atoms with Gasteiger partial charge in [0.05, 0.1) is 0 Å². The van der Waals surface area contributed by atoms with E-state index in [1.54, 1.807) is 0 Å². The maximum Gasteiger partial charge on any atom is 0.159 e. The van der Waals surface area contributed by atoms with Crippen molar-refractivity contribution in [2.45, 2.75) is 64.7 Å². The van der Waals surface area contributed by atoms with Crippen LogP contribution in [0.2, 0.25) is 0 Å². The molecule has 0 fully saturated rings. The monoisotopic (exact) mass is 260 g/mol. The van der Waals surface area contributed by atoms with Crippen LogP contribution in [0.25, 0.3) is 0 Å². The molecule has 0 aromatic heterocycles. The third-order valence-corrected chi connectivity index (χ3v) is 3.86. The smallest absolute Gasteiger partial charge is 0.159 e. The lowest BCUT2D eigenvalue weighted by Gasteiger charge is -2.24. The van der Waals surface area contributed by atoms with Gasteiger partial charge in [-0.3, -0.25) is 4.79 Å². The first kappa shape index (κ1) is 15.9. The molecule has 0 bridgehead atoms. The van der Waals surface area contributed by atoms with Crippen LogP contribution in [-0.4, -0.2) is 5.78 Å². The largest absolute Gasteiger partial charge is 0.295 e. The van der Waals surface area contributed by atoms with E-state index in [-0.39, 0.29) is 0 Å². The van der Waals surface area contributed by atoms with Crippen molar-refractivity contribution in [2.75, 3.05) is 0 Å². The van der Waals surface area contributed by atoms with Crippen molar-refractivity contribution in [1.82, 2.24) is 0 Å². The molecule has 1 rings (SSSR count). The molecule has 0 aromatic rings. The van der Waals surface area contributed by atoms with Gasteiger partial charge in [0.25, 0.3) is 0 Å². The van der Waals surface area contributed by atoms with Crippen molar-refractivity contribution in [2.24, 2.45) is 5.92 Å².